The zero-order valence-electron chi connectivity index (χ0n) is 11.6. The van der Waals surface area contributed by atoms with Crippen molar-refractivity contribution in [2.45, 2.75) is 12.5 Å². The molecule has 0 aliphatic rings. The average Bonchev–Trinajstić information content (AvgIpc) is 2.44. The van der Waals surface area contributed by atoms with E-state index >= 15 is 0 Å². The monoisotopic (exact) mass is 336 g/mol. The minimum Gasteiger partial charge on any atom is -0.378 e. The van der Waals surface area contributed by atoms with Gasteiger partial charge in [-0.15, -0.1) is 0 Å². The minimum absolute atomic E-state index is 0.159. The molecule has 2 rings (SSSR count). The maximum Gasteiger partial charge on any atom is 0.137 e. The minimum atomic E-state index is -0.253. The highest BCUT2D eigenvalue weighted by Crippen LogP contribution is 2.26. The maximum absolute atomic E-state index is 13.5. The molecule has 2 nitrogen and oxygen atoms in total. The van der Waals surface area contributed by atoms with Crippen molar-refractivity contribution >= 4 is 21.6 Å². The van der Waals surface area contributed by atoms with Crippen LogP contribution in [-0.2, 0) is 6.42 Å². The number of nitrogens with zero attached hydrogens (tertiary/aromatic N) is 1. The number of halogens is 2. The van der Waals surface area contributed by atoms with Gasteiger partial charge in [-0.3, -0.25) is 0 Å². The first kappa shape index (κ1) is 15.0. The molecule has 0 aromatic heterocycles. The van der Waals surface area contributed by atoms with Crippen LogP contribution in [-0.4, -0.2) is 14.1 Å². The zero-order valence-corrected chi connectivity index (χ0v) is 13.2. The number of rotatable bonds is 4. The van der Waals surface area contributed by atoms with E-state index in [-0.39, 0.29) is 11.9 Å². The van der Waals surface area contributed by atoms with Crippen molar-refractivity contribution in [3.63, 3.8) is 0 Å². The summed E-state index contributed by atoms with van der Waals surface area (Å²) in [6, 6.07) is 13.0. The molecular formula is C16H18BrFN2. The first-order chi connectivity index (χ1) is 9.49. The number of nitrogens with two attached hydrogens (primary N) is 1. The molecule has 2 aromatic carbocycles. The first-order valence-electron chi connectivity index (χ1n) is 6.45. The summed E-state index contributed by atoms with van der Waals surface area (Å²) in [4.78, 5) is 2.04. The molecular weight excluding hydrogens is 319 g/mol. The highest BCUT2D eigenvalue weighted by molar-refractivity contribution is 9.10. The zero-order chi connectivity index (χ0) is 14.7. The van der Waals surface area contributed by atoms with Gasteiger partial charge in [0.1, 0.15) is 5.82 Å². The fourth-order valence-electron chi connectivity index (χ4n) is 2.09. The SMILES string of the molecule is CN(C)c1cccc(C(N)Cc2cccc(F)c2Br)c1. The normalized spacial score (nSPS) is 12.2. The van der Waals surface area contributed by atoms with E-state index in [0.29, 0.717) is 10.9 Å². The Morgan fingerprint density at radius 3 is 2.60 bits per heavy atom. The molecule has 2 aromatic rings. The van der Waals surface area contributed by atoms with Crippen molar-refractivity contribution in [2.75, 3.05) is 19.0 Å². The van der Waals surface area contributed by atoms with Gasteiger partial charge >= 0.3 is 0 Å². The predicted octanol–water partition coefficient (Wildman–Crippen LogP) is 3.90. The largest absolute Gasteiger partial charge is 0.378 e. The van der Waals surface area contributed by atoms with Gasteiger partial charge < -0.3 is 10.6 Å². The van der Waals surface area contributed by atoms with Gasteiger partial charge in [0.2, 0.25) is 0 Å². The Balaban J connectivity index is 2.21. The first-order valence-corrected chi connectivity index (χ1v) is 7.24. The lowest BCUT2D eigenvalue weighted by Gasteiger charge is -2.17. The van der Waals surface area contributed by atoms with Crippen molar-refractivity contribution in [1.82, 2.24) is 0 Å². The lowest BCUT2D eigenvalue weighted by Crippen LogP contribution is -2.15. The second-order valence-corrected chi connectivity index (χ2v) is 5.81. The van der Waals surface area contributed by atoms with Crippen LogP contribution in [0.25, 0.3) is 0 Å². The fraction of sp³-hybridized carbons (Fsp3) is 0.250. The van der Waals surface area contributed by atoms with E-state index in [1.165, 1.54) is 6.07 Å². The fourth-order valence-corrected chi connectivity index (χ4v) is 2.52. The molecule has 2 N–H and O–H groups in total. The number of hydrogen-bond acceptors (Lipinski definition) is 2. The second kappa shape index (κ2) is 6.37. The van der Waals surface area contributed by atoms with Crippen molar-refractivity contribution < 1.29 is 4.39 Å². The summed E-state index contributed by atoms with van der Waals surface area (Å²) >= 11 is 3.28. The second-order valence-electron chi connectivity index (χ2n) is 5.01. The van der Waals surface area contributed by atoms with E-state index in [0.717, 1.165) is 16.8 Å². The van der Waals surface area contributed by atoms with Crippen LogP contribution in [0.15, 0.2) is 46.9 Å². The van der Waals surface area contributed by atoms with Crippen molar-refractivity contribution in [3.8, 4) is 0 Å². The summed E-state index contributed by atoms with van der Waals surface area (Å²) in [5, 5.41) is 0. The summed E-state index contributed by atoms with van der Waals surface area (Å²) in [5.74, 6) is -0.253. The molecule has 0 aliphatic heterocycles. The van der Waals surface area contributed by atoms with Gasteiger partial charge in [0.15, 0.2) is 0 Å². The standard InChI is InChI=1S/C16H18BrFN2/c1-20(2)13-7-3-5-11(9-13)15(19)10-12-6-4-8-14(18)16(12)17/h3-9,15H,10,19H2,1-2H3. The Bertz CT molecular complexity index is 599. The Kier molecular flexibility index (Phi) is 4.78. The molecule has 1 unspecified atom stereocenters. The number of hydrogen-bond donors (Lipinski definition) is 1. The highest BCUT2D eigenvalue weighted by atomic mass is 79.9. The Morgan fingerprint density at radius 2 is 1.90 bits per heavy atom. The molecule has 0 bridgehead atoms. The predicted molar refractivity (Wildman–Crippen MR) is 85.5 cm³/mol. The van der Waals surface area contributed by atoms with Crippen molar-refractivity contribution in [3.05, 3.63) is 63.9 Å². The van der Waals surface area contributed by atoms with Crippen LogP contribution in [0.5, 0.6) is 0 Å². The maximum atomic E-state index is 13.5. The summed E-state index contributed by atoms with van der Waals surface area (Å²) in [6.07, 6.45) is 0.592. The Morgan fingerprint density at radius 1 is 1.20 bits per heavy atom. The van der Waals surface area contributed by atoms with Gasteiger partial charge in [-0.05, 0) is 51.7 Å². The molecule has 0 saturated carbocycles. The summed E-state index contributed by atoms with van der Waals surface area (Å²) < 4.78 is 14.0. The van der Waals surface area contributed by atoms with E-state index in [1.54, 1.807) is 6.07 Å². The number of anilines is 1. The third-order valence-corrected chi connectivity index (χ3v) is 4.17. The van der Waals surface area contributed by atoms with Gasteiger partial charge in [0.05, 0.1) is 4.47 Å². The van der Waals surface area contributed by atoms with Crippen molar-refractivity contribution in [1.29, 1.82) is 0 Å². The summed E-state index contributed by atoms with van der Waals surface area (Å²) in [5.41, 5.74) is 9.29. The molecule has 4 heteroatoms. The molecule has 0 aliphatic carbocycles. The van der Waals surface area contributed by atoms with E-state index in [1.807, 2.05) is 43.3 Å². The third kappa shape index (κ3) is 3.38. The molecule has 0 spiro atoms. The van der Waals surface area contributed by atoms with Crippen LogP contribution in [0.4, 0.5) is 10.1 Å². The molecule has 0 amide bonds. The van der Waals surface area contributed by atoms with E-state index in [9.17, 15) is 4.39 Å². The van der Waals surface area contributed by atoms with E-state index in [2.05, 4.69) is 22.0 Å². The van der Waals surface area contributed by atoms with Crippen LogP contribution < -0.4 is 10.6 Å². The van der Waals surface area contributed by atoms with E-state index < -0.39 is 0 Å². The Labute approximate surface area is 127 Å². The van der Waals surface area contributed by atoms with Gasteiger partial charge in [-0.25, -0.2) is 4.39 Å². The van der Waals surface area contributed by atoms with Gasteiger partial charge in [-0.2, -0.15) is 0 Å². The van der Waals surface area contributed by atoms with Crippen LogP contribution in [0.1, 0.15) is 17.2 Å². The number of benzene rings is 2. The lowest BCUT2D eigenvalue weighted by atomic mass is 9.99. The van der Waals surface area contributed by atoms with Gasteiger partial charge in [0.25, 0.3) is 0 Å². The van der Waals surface area contributed by atoms with E-state index in [4.69, 9.17) is 5.73 Å². The van der Waals surface area contributed by atoms with Crippen LogP contribution in [0.3, 0.4) is 0 Å². The quantitative estimate of drug-likeness (QED) is 0.917. The Hall–Kier alpha value is -1.39. The van der Waals surface area contributed by atoms with Crippen molar-refractivity contribution in [2.24, 2.45) is 5.73 Å². The van der Waals surface area contributed by atoms with Crippen LogP contribution in [0.2, 0.25) is 0 Å². The molecule has 0 radical (unpaired) electrons. The lowest BCUT2D eigenvalue weighted by molar-refractivity contribution is 0.614. The summed E-state index contributed by atoms with van der Waals surface area (Å²) in [6.45, 7) is 0. The van der Waals surface area contributed by atoms with Crippen LogP contribution in [0, 0.1) is 5.82 Å². The van der Waals surface area contributed by atoms with Gasteiger partial charge in [-0.1, -0.05) is 24.3 Å². The highest BCUT2D eigenvalue weighted by Gasteiger charge is 2.12. The molecule has 1 atom stereocenters. The molecule has 106 valence electrons. The van der Waals surface area contributed by atoms with Crippen LogP contribution >= 0.6 is 15.9 Å². The topological polar surface area (TPSA) is 29.3 Å². The third-order valence-electron chi connectivity index (χ3n) is 3.29. The smallest absolute Gasteiger partial charge is 0.137 e. The molecule has 20 heavy (non-hydrogen) atoms. The molecule has 0 saturated heterocycles. The molecule has 0 heterocycles. The average molecular weight is 337 g/mol. The summed E-state index contributed by atoms with van der Waals surface area (Å²) in [7, 11) is 3.99. The van der Waals surface area contributed by atoms with Gasteiger partial charge in [0, 0.05) is 25.8 Å². The molecule has 0 fully saturated rings.